The molecule has 166 valence electrons. The molecule has 3 aromatic rings. The van der Waals surface area contributed by atoms with Gasteiger partial charge in [-0.25, -0.2) is 0 Å². The maximum absolute atomic E-state index is 12.5. The number of thioether (sulfide) groups is 1. The number of benzene rings is 3. The summed E-state index contributed by atoms with van der Waals surface area (Å²) in [4.78, 5) is 27.6. The van der Waals surface area contributed by atoms with Gasteiger partial charge in [-0.2, -0.15) is 0 Å². The zero-order valence-electron chi connectivity index (χ0n) is 18.7. The zero-order valence-corrected chi connectivity index (χ0v) is 19.5. The fraction of sp³-hybridized carbons (Fsp3) is 0.231. The number of carbonyl (C=O) groups excluding carboxylic acids is 2. The van der Waals surface area contributed by atoms with Crippen LogP contribution in [0.25, 0.3) is 11.1 Å². The fourth-order valence-corrected chi connectivity index (χ4v) is 4.00. The van der Waals surface area contributed by atoms with Gasteiger partial charge >= 0.3 is 0 Å². The highest BCUT2D eigenvalue weighted by atomic mass is 32.2. The van der Waals surface area contributed by atoms with Gasteiger partial charge in [0.05, 0.1) is 24.8 Å². The van der Waals surface area contributed by atoms with Crippen LogP contribution in [0.1, 0.15) is 18.5 Å². The summed E-state index contributed by atoms with van der Waals surface area (Å²) in [6, 6.07) is 25.9. The molecule has 0 aliphatic heterocycles. The molecule has 0 aliphatic rings. The monoisotopic (exact) mass is 447 g/mol. The molecule has 0 aliphatic carbocycles. The Hall–Kier alpha value is -3.09. The van der Waals surface area contributed by atoms with Crippen molar-refractivity contribution >= 4 is 29.3 Å². The lowest BCUT2D eigenvalue weighted by Crippen LogP contribution is -2.39. The first-order valence-corrected chi connectivity index (χ1v) is 11.7. The van der Waals surface area contributed by atoms with Gasteiger partial charge in [0.25, 0.3) is 0 Å². The lowest BCUT2D eigenvalue weighted by atomic mass is 10.0. The van der Waals surface area contributed by atoms with Gasteiger partial charge in [-0.1, -0.05) is 66.7 Å². The van der Waals surface area contributed by atoms with E-state index in [9.17, 15) is 9.59 Å². The Kier molecular flexibility index (Phi) is 8.48. The number of hydrogen-bond acceptors (Lipinski definition) is 4. The summed E-state index contributed by atoms with van der Waals surface area (Å²) in [6.45, 7) is 2.24. The van der Waals surface area contributed by atoms with Crippen LogP contribution in [-0.4, -0.2) is 43.1 Å². The molecule has 0 fully saturated rings. The molecule has 32 heavy (non-hydrogen) atoms. The molecule has 0 saturated heterocycles. The van der Waals surface area contributed by atoms with E-state index in [0.29, 0.717) is 0 Å². The van der Waals surface area contributed by atoms with Crippen molar-refractivity contribution in [3.8, 4) is 11.1 Å². The summed E-state index contributed by atoms with van der Waals surface area (Å²) in [5.41, 5.74) is 4.12. The molecule has 0 aromatic heterocycles. The molecular weight excluding hydrogens is 418 g/mol. The quantitative estimate of drug-likeness (QED) is 0.462. The smallest absolute Gasteiger partial charge is 0.238 e. The highest BCUT2D eigenvalue weighted by Gasteiger charge is 2.14. The largest absolute Gasteiger partial charge is 0.348 e. The van der Waals surface area contributed by atoms with Gasteiger partial charge < -0.3 is 10.6 Å². The molecule has 0 saturated carbocycles. The number of nitrogens with zero attached hydrogens (tertiary/aromatic N) is 1. The third kappa shape index (κ3) is 6.70. The first-order chi connectivity index (χ1) is 15.5. The highest BCUT2D eigenvalue weighted by molar-refractivity contribution is 7.98. The van der Waals surface area contributed by atoms with Crippen molar-refractivity contribution in [3.05, 3.63) is 84.4 Å². The molecule has 1 unspecified atom stereocenters. The molecule has 0 bridgehead atoms. The highest BCUT2D eigenvalue weighted by Crippen LogP contribution is 2.24. The maximum atomic E-state index is 12.5. The lowest BCUT2D eigenvalue weighted by Gasteiger charge is -2.19. The standard InChI is InChI=1S/C26H29N3O2S/c1-19(20-13-15-22(16-14-20)21-9-5-4-6-10-21)27-25(30)17-29(2)18-26(31)28-23-11-7-8-12-24(23)32-3/h4-16,19H,17-18H2,1-3H3,(H,27,30)(H,28,31). The number of amides is 2. The van der Waals surface area contributed by atoms with Crippen LogP contribution >= 0.6 is 11.8 Å². The molecule has 0 radical (unpaired) electrons. The van der Waals surface area contributed by atoms with Crippen molar-refractivity contribution in [1.82, 2.24) is 10.2 Å². The second kappa shape index (κ2) is 11.5. The van der Waals surface area contributed by atoms with Gasteiger partial charge in [0, 0.05) is 4.90 Å². The van der Waals surface area contributed by atoms with E-state index in [1.54, 1.807) is 23.7 Å². The number of carbonyl (C=O) groups is 2. The molecular formula is C26H29N3O2S. The minimum atomic E-state index is -0.147. The van der Waals surface area contributed by atoms with Crippen LogP contribution in [0.15, 0.2) is 83.8 Å². The van der Waals surface area contributed by atoms with E-state index in [0.717, 1.165) is 27.3 Å². The molecule has 1 atom stereocenters. The average molecular weight is 448 g/mol. The van der Waals surface area contributed by atoms with Crippen molar-refractivity contribution in [2.45, 2.75) is 17.9 Å². The fourth-order valence-electron chi connectivity index (χ4n) is 3.45. The Morgan fingerprint density at radius 1 is 0.844 bits per heavy atom. The zero-order chi connectivity index (χ0) is 22.9. The van der Waals surface area contributed by atoms with Crippen LogP contribution in [0.3, 0.4) is 0 Å². The van der Waals surface area contributed by atoms with Crippen molar-refractivity contribution < 1.29 is 9.59 Å². The predicted octanol–water partition coefficient (Wildman–Crippen LogP) is 4.82. The Morgan fingerprint density at radius 3 is 2.12 bits per heavy atom. The van der Waals surface area contributed by atoms with E-state index in [-0.39, 0.29) is 30.9 Å². The first kappa shape index (κ1) is 23.6. The molecule has 0 spiro atoms. The van der Waals surface area contributed by atoms with Crippen molar-refractivity contribution in [2.24, 2.45) is 0 Å². The molecule has 6 heteroatoms. The van der Waals surface area contributed by atoms with Crippen LogP contribution < -0.4 is 10.6 Å². The number of likely N-dealkylation sites (N-methyl/N-ethyl adjacent to an activating group) is 1. The molecule has 2 N–H and O–H groups in total. The number of para-hydroxylation sites is 1. The Balaban J connectivity index is 1.48. The second-order valence-corrected chi connectivity index (χ2v) is 8.55. The maximum Gasteiger partial charge on any atom is 0.238 e. The molecule has 0 heterocycles. The molecule has 2 amide bonds. The van der Waals surface area contributed by atoms with Gasteiger partial charge in [-0.3, -0.25) is 14.5 Å². The number of hydrogen-bond donors (Lipinski definition) is 2. The van der Waals surface area contributed by atoms with Crippen LogP contribution in [0, 0.1) is 0 Å². The Morgan fingerprint density at radius 2 is 1.44 bits per heavy atom. The van der Waals surface area contributed by atoms with Crippen LogP contribution in [0.2, 0.25) is 0 Å². The van der Waals surface area contributed by atoms with Gasteiger partial charge in [0.15, 0.2) is 0 Å². The second-order valence-electron chi connectivity index (χ2n) is 7.70. The minimum absolute atomic E-state index is 0.121. The van der Waals surface area contributed by atoms with Gasteiger partial charge in [0.1, 0.15) is 0 Å². The third-order valence-corrected chi connectivity index (χ3v) is 5.90. The van der Waals surface area contributed by atoms with E-state index in [1.807, 2.05) is 67.8 Å². The summed E-state index contributed by atoms with van der Waals surface area (Å²) in [6.07, 6.45) is 1.97. The van der Waals surface area contributed by atoms with E-state index in [2.05, 4.69) is 34.9 Å². The Bertz CT molecular complexity index is 1040. The summed E-state index contributed by atoms with van der Waals surface area (Å²) in [5, 5.41) is 5.93. The average Bonchev–Trinajstić information content (AvgIpc) is 2.79. The normalized spacial score (nSPS) is 11.8. The summed E-state index contributed by atoms with van der Waals surface area (Å²) in [7, 11) is 1.76. The topological polar surface area (TPSA) is 61.4 Å². The summed E-state index contributed by atoms with van der Waals surface area (Å²) in [5.74, 6) is -0.268. The van der Waals surface area contributed by atoms with E-state index >= 15 is 0 Å². The number of anilines is 1. The van der Waals surface area contributed by atoms with E-state index in [4.69, 9.17) is 0 Å². The molecule has 5 nitrogen and oxygen atoms in total. The van der Waals surface area contributed by atoms with Gasteiger partial charge in [0.2, 0.25) is 11.8 Å². The van der Waals surface area contributed by atoms with Crippen LogP contribution in [0.4, 0.5) is 5.69 Å². The predicted molar refractivity (Wildman–Crippen MR) is 133 cm³/mol. The van der Waals surface area contributed by atoms with E-state index < -0.39 is 0 Å². The summed E-state index contributed by atoms with van der Waals surface area (Å²) < 4.78 is 0. The summed E-state index contributed by atoms with van der Waals surface area (Å²) >= 11 is 1.58. The number of rotatable bonds is 9. The number of nitrogens with one attached hydrogen (secondary N) is 2. The van der Waals surface area contributed by atoms with E-state index in [1.165, 1.54) is 0 Å². The molecule has 3 aromatic carbocycles. The van der Waals surface area contributed by atoms with Crippen molar-refractivity contribution in [2.75, 3.05) is 31.7 Å². The van der Waals surface area contributed by atoms with Crippen molar-refractivity contribution in [1.29, 1.82) is 0 Å². The van der Waals surface area contributed by atoms with Gasteiger partial charge in [-0.05, 0) is 49.1 Å². The van der Waals surface area contributed by atoms with Gasteiger partial charge in [-0.15, -0.1) is 11.8 Å². The molecule has 3 rings (SSSR count). The minimum Gasteiger partial charge on any atom is -0.348 e. The SMILES string of the molecule is CSc1ccccc1NC(=O)CN(C)CC(=O)NC(C)c1ccc(-c2ccccc2)cc1. The van der Waals surface area contributed by atoms with Crippen LogP contribution in [0.5, 0.6) is 0 Å². The lowest BCUT2D eigenvalue weighted by molar-refractivity contribution is -0.123. The first-order valence-electron chi connectivity index (χ1n) is 10.5. The van der Waals surface area contributed by atoms with Crippen molar-refractivity contribution in [3.63, 3.8) is 0 Å². The van der Waals surface area contributed by atoms with Crippen LogP contribution in [-0.2, 0) is 9.59 Å². The third-order valence-electron chi connectivity index (χ3n) is 5.10. The Labute approximate surface area is 194 Å².